The van der Waals surface area contributed by atoms with Gasteiger partial charge in [0.25, 0.3) is 5.69 Å². The van der Waals surface area contributed by atoms with Gasteiger partial charge in [0.15, 0.2) is 0 Å². The zero-order chi connectivity index (χ0) is 16.1. The Labute approximate surface area is 129 Å². The maximum absolute atomic E-state index is 12.1. The second kappa shape index (κ2) is 7.20. The zero-order valence-electron chi connectivity index (χ0n) is 13.0. The van der Waals surface area contributed by atoms with Gasteiger partial charge < -0.3 is 10.2 Å². The quantitative estimate of drug-likeness (QED) is 0.664. The van der Waals surface area contributed by atoms with Crippen molar-refractivity contribution >= 4 is 17.4 Å². The molecule has 0 aromatic carbocycles. The van der Waals surface area contributed by atoms with Crippen LogP contribution in [0.15, 0.2) is 12.3 Å². The topological polar surface area (TPSA) is 88.4 Å². The van der Waals surface area contributed by atoms with E-state index in [-0.39, 0.29) is 17.5 Å². The van der Waals surface area contributed by atoms with Gasteiger partial charge in [0.1, 0.15) is 12.0 Å². The number of aryl methyl sites for hydroxylation is 1. The number of anilines is 1. The number of hydrogen-bond acceptors (Lipinski definition) is 5. The van der Waals surface area contributed by atoms with Crippen LogP contribution >= 0.6 is 0 Å². The highest BCUT2D eigenvalue weighted by Gasteiger charge is 2.26. The number of nitrogens with zero attached hydrogens (tertiary/aromatic N) is 3. The maximum atomic E-state index is 12.1. The Hall–Kier alpha value is -2.18. The van der Waals surface area contributed by atoms with Crippen LogP contribution in [-0.4, -0.2) is 35.4 Å². The molecule has 1 amide bonds. The molecule has 1 atom stereocenters. The molecule has 0 bridgehead atoms. The number of carbonyl (C=O) groups is 1. The lowest BCUT2D eigenvalue weighted by Gasteiger charge is -2.33. The van der Waals surface area contributed by atoms with Crippen LogP contribution in [0.5, 0.6) is 0 Å². The molecular weight excluding hydrogens is 284 g/mol. The Morgan fingerprint density at radius 2 is 2.36 bits per heavy atom. The van der Waals surface area contributed by atoms with Crippen LogP contribution in [-0.2, 0) is 4.79 Å². The molecule has 1 saturated heterocycles. The van der Waals surface area contributed by atoms with Gasteiger partial charge >= 0.3 is 0 Å². The fraction of sp³-hybridized carbons (Fsp3) is 0.600. The molecule has 1 unspecified atom stereocenters. The van der Waals surface area contributed by atoms with E-state index in [2.05, 4.69) is 10.3 Å². The van der Waals surface area contributed by atoms with E-state index in [9.17, 15) is 14.9 Å². The first-order chi connectivity index (χ1) is 10.5. The van der Waals surface area contributed by atoms with E-state index >= 15 is 0 Å². The van der Waals surface area contributed by atoms with Crippen molar-refractivity contribution in [3.8, 4) is 0 Å². The lowest BCUT2D eigenvalue weighted by atomic mass is 9.97. The van der Waals surface area contributed by atoms with Gasteiger partial charge in [-0.3, -0.25) is 14.9 Å². The first-order valence-corrected chi connectivity index (χ1v) is 7.66. The summed E-state index contributed by atoms with van der Waals surface area (Å²) in [4.78, 5) is 28.8. The lowest BCUT2D eigenvalue weighted by molar-refractivity contribution is -0.385. The van der Waals surface area contributed by atoms with E-state index in [1.54, 1.807) is 13.0 Å². The summed E-state index contributed by atoms with van der Waals surface area (Å²) in [5.74, 6) is 0.749. The second-order valence-electron chi connectivity index (χ2n) is 5.66. The summed E-state index contributed by atoms with van der Waals surface area (Å²) < 4.78 is 0. The summed E-state index contributed by atoms with van der Waals surface area (Å²) in [6.45, 7) is 5.86. The van der Waals surface area contributed by atoms with Gasteiger partial charge in [-0.1, -0.05) is 6.92 Å². The largest absolute Gasteiger partial charge is 0.356 e. The molecule has 7 heteroatoms. The molecule has 0 aliphatic carbocycles. The lowest BCUT2D eigenvalue weighted by Crippen LogP contribution is -2.43. The average Bonchev–Trinajstić information content (AvgIpc) is 2.52. The number of rotatable bonds is 5. The van der Waals surface area contributed by atoms with E-state index in [4.69, 9.17) is 0 Å². The second-order valence-corrected chi connectivity index (χ2v) is 5.66. The van der Waals surface area contributed by atoms with Crippen molar-refractivity contribution in [2.45, 2.75) is 33.1 Å². The molecular formula is C15H22N4O3. The molecule has 2 rings (SSSR count). The monoisotopic (exact) mass is 306 g/mol. The van der Waals surface area contributed by atoms with Gasteiger partial charge in [0, 0.05) is 25.2 Å². The molecule has 0 saturated carbocycles. The molecule has 1 aliphatic rings. The molecule has 1 N–H and O–H groups in total. The van der Waals surface area contributed by atoms with Crippen LogP contribution < -0.4 is 10.2 Å². The molecule has 22 heavy (non-hydrogen) atoms. The number of piperidine rings is 1. The molecule has 1 fully saturated rings. The van der Waals surface area contributed by atoms with Gasteiger partial charge in [0.05, 0.1) is 10.8 Å². The fourth-order valence-corrected chi connectivity index (χ4v) is 2.69. The summed E-state index contributed by atoms with van der Waals surface area (Å²) in [5, 5.41) is 13.8. The summed E-state index contributed by atoms with van der Waals surface area (Å²) in [7, 11) is 0. The molecule has 120 valence electrons. The van der Waals surface area contributed by atoms with Crippen LogP contribution in [0.1, 0.15) is 31.7 Å². The summed E-state index contributed by atoms with van der Waals surface area (Å²) in [6.07, 6.45) is 4.01. The van der Waals surface area contributed by atoms with Crippen molar-refractivity contribution in [1.82, 2.24) is 10.3 Å². The van der Waals surface area contributed by atoms with E-state index in [0.29, 0.717) is 24.5 Å². The van der Waals surface area contributed by atoms with Crippen molar-refractivity contribution in [2.24, 2.45) is 5.92 Å². The normalized spacial score (nSPS) is 18.1. The number of amides is 1. The summed E-state index contributed by atoms with van der Waals surface area (Å²) >= 11 is 0. The van der Waals surface area contributed by atoms with E-state index in [0.717, 1.165) is 25.8 Å². The standard InChI is InChI=1S/C15H22N4O3/c1-3-6-16-15(20)12-5-4-7-18(10-12)14-8-11(2)13(9-17-14)19(21)22/h8-9,12H,3-7,10H2,1-2H3,(H,16,20). The fourth-order valence-electron chi connectivity index (χ4n) is 2.69. The predicted molar refractivity (Wildman–Crippen MR) is 83.9 cm³/mol. The number of nitrogens with one attached hydrogen (secondary N) is 1. The number of hydrogen-bond donors (Lipinski definition) is 1. The first-order valence-electron chi connectivity index (χ1n) is 7.66. The minimum absolute atomic E-state index is 0.0259. The zero-order valence-corrected chi connectivity index (χ0v) is 13.0. The molecule has 1 aromatic heterocycles. The van der Waals surface area contributed by atoms with E-state index in [1.165, 1.54) is 6.20 Å². The van der Waals surface area contributed by atoms with Crippen LogP contribution in [0.2, 0.25) is 0 Å². The smallest absolute Gasteiger partial charge is 0.290 e. The number of carbonyl (C=O) groups excluding carboxylic acids is 1. The third kappa shape index (κ3) is 3.72. The average molecular weight is 306 g/mol. The van der Waals surface area contributed by atoms with E-state index in [1.807, 2.05) is 11.8 Å². The third-order valence-corrected chi connectivity index (χ3v) is 3.93. The van der Waals surface area contributed by atoms with Crippen LogP contribution in [0, 0.1) is 23.0 Å². The summed E-state index contributed by atoms with van der Waals surface area (Å²) in [5.41, 5.74) is 0.616. The van der Waals surface area contributed by atoms with Crippen molar-refractivity contribution in [1.29, 1.82) is 0 Å². The van der Waals surface area contributed by atoms with Crippen molar-refractivity contribution in [3.05, 3.63) is 27.9 Å². The van der Waals surface area contributed by atoms with Gasteiger partial charge in [-0.15, -0.1) is 0 Å². The Kier molecular flexibility index (Phi) is 5.30. The van der Waals surface area contributed by atoms with Crippen LogP contribution in [0.4, 0.5) is 11.5 Å². The van der Waals surface area contributed by atoms with Gasteiger partial charge in [-0.25, -0.2) is 4.98 Å². The SMILES string of the molecule is CCCNC(=O)C1CCCN(c2cc(C)c([N+](=O)[O-])cn2)C1. The molecule has 1 aliphatic heterocycles. The molecule has 1 aromatic rings. The first kappa shape index (κ1) is 16.2. The number of pyridine rings is 1. The van der Waals surface area contributed by atoms with Crippen molar-refractivity contribution < 1.29 is 9.72 Å². The minimum atomic E-state index is -0.427. The summed E-state index contributed by atoms with van der Waals surface area (Å²) in [6, 6.07) is 1.73. The van der Waals surface area contributed by atoms with Crippen LogP contribution in [0.25, 0.3) is 0 Å². The minimum Gasteiger partial charge on any atom is -0.356 e. The highest BCUT2D eigenvalue weighted by atomic mass is 16.6. The Balaban J connectivity index is 2.07. The Morgan fingerprint density at radius 3 is 3.00 bits per heavy atom. The third-order valence-electron chi connectivity index (χ3n) is 3.93. The number of nitro groups is 1. The maximum Gasteiger partial charge on any atom is 0.290 e. The predicted octanol–water partition coefficient (Wildman–Crippen LogP) is 2.04. The molecule has 0 spiro atoms. The highest BCUT2D eigenvalue weighted by Crippen LogP contribution is 2.25. The molecule has 7 nitrogen and oxygen atoms in total. The Bertz CT molecular complexity index is 562. The number of aromatic nitrogens is 1. The van der Waals surface area contributed by atoms with Gasteiger partial charge in [-0.2, -0.15) is 0 Å². The molecule has 2 heterocycles. The van der Waals surface area contributed by atoms with Crippen molar-refractivity contribution in [3.63, 3.8) is 0 Å². The van der Waals surface area contributed by atoms with Gasteiger partial charge in [0.2, 0.25) is 5.91 Å². The molecule has 0 radical (unpaired) electrons. The highest BCUT2D eigenvalue weighted by molar-refractivity contribution is 5.79. The Morgan fingerprint density at radius 1 is 1.59 bits per heavy atom. The van der Waals surface area contributed by atoms with Crippen molar-refractivity contribution in [2.75, 3.05) is 24.5 Å². The van der Waals surface area contributed by atoms with Gasteiger partial charge in [-0.05, 0) is 32.3 Å². The van der Waals surface area contributed by atoms with E-state index < -0.39 is 4.92 Å². The van der Waals surface area contributed by atoms with Crippen LogP contribution in [0.3, 0.4) is 0 Å².